The maximum absolute atomic E-state index is 11.9. The molecule has 22 heavy (non-hydrogen) atoms. The van der Waals surface area contributed by atoms with Gasteiger partial charge in [-0.1, -0.05) is 29.3 Å². The molecule has 1 unspecified atom stereocenters. The zero-order valence-electron chi connectivity index (χ0n) is 12.2. The van der Waals surface area contributed by atoms with E-state index in [2.05, 4.69) is 5.32 Å². The lowest BCUT2D eigenvalue weighted by atomic mass is 10.1. The van der Waals surface area contributed by atoms with Crippen LogP contribution < -0.4 is 5.32 Å². The summed E-state index contributed by atoms with van der Waals surface area (Å²) in [5.74, 6) is 0. The smallest absolute Gasteiger partial charge is 0.317 e. The topological polar surface area (TPSA) is 61.8 Å². The second-order valence-corrected chi connectivity index (χ2v) is 6.11. The van der Waals surface area contributed by atoms with Gasteiger partial charge < -0.3 is 20.1 Å². The largest absolute Gasteiger partial charge is 0.391 e. The Balaban J connectivity index is 1.63. The van der Waals surface area contributed by atoms with E-state index < -0.39 is 6.10 Å². The van der Waals surface area contributed by atoms with E-state index in [1.165, 1.54) is 0 Å². The van der Waals surface area contributed by atoms with Crippen LogP contribution in [0.3, 0.4) is 0 Å². The third-order valence-corrected chi connectivity index (χ3v) is 4.07. The summed E-state index contributed by atoms with van der Waals surface area (Å²) >= 11 is 11.9. The number of β-amino-alcohol motifs (C(OH)–C–C–N with tert-alkyl or cyclic N) is 1. The average Bonchev–Trinajstić information content (AvgIpc) is 2.48. The van der Waals surface area contributed by atoms with Crippen LogP contribution >= 0.6 is 23.2 Å². The summed E-state index contributed by atoms with van der Waals surface area (Å²) in [6.45, 7) is 2.25. The molecule has 0 saturated carbocycles. The third kappa shape index (κ3) is 5.32. The summed E-state index contributed by atoms with van der Waals surface area (Å²) in [4.78, 5) is 13.5. The normalized spacial score (nSPS) is 18.3. The van der Waals surface area contributed by atoms with Crippen LogP contribution in [0.2, 0.25) is 10.0 Å². The van der Waals surface area contributed by atoms with Gasteiger partial charge in [-0.05, 0) is 30.5 Å². The monoisotopic (exact) mass is 346 g/mol. The Labute approximate surface area is 140 Å². The number of carbonyl (C=O) groups is 1. The molecule has 1 saturated heterocycles. The van der Waals surface area contributed by atoms with Gasteiger partial charge in [0.1, 0.15) is 0 Å². The van der Waals surface area contributed by atoms with Gasteiger partial charge in [-0.3, -0.25) is 0 Å². The van der Waals surface area contributed by atoms with Crippen molar-refractivity contribution in [1.82, 2.24) is 10.2 Å². The third-order valence-electron chi connectivity index (χ3n) is 3.48. The highest BCUT2D eigenvalue weighted by Gasteiger charge is 2.21. The number of hydrogen-bond acceptors (Lipinski definition) is 3. The van der Waals surface area contributed by atoms with E-state index in [4.69, 9.17) is 27.9 Å². The highest BCUT2D eigenvalue weighted by atomic mass is 35.5. The van der Waals surface area contributed by atoms with Crippen LogP contribution in [0.1, 0.15) is 18.4 Å². The van der Waals surface area contributed by atoms with E-state index in [0.717, 1.165) is 18.4 Å². The summed E-state index contributed by atoms with van der Waals surface area (Å²) in [6.07, 6.45) is 1.18. The number of benzene rings is 1. The fourth-order valence-corrected chi connectivity index (χ4v) is 2.77. The zero-order valence-corrected chi connectivity index (χ0v) is 13.7. The van der Waals surface area contributed by atoms with Gasteiger partial charge >= 0.3 is 6.03 Å². The number of urea groups is 1. The van der Waals surface area contributed by atoms with Crippen molar-refractivity contribution in [3.63, 3.8) is 0 Å². The minimum absolute atomic E-state index is 0.160. The van der Waals surface area contributed by atoms with Gasteiger partial charge in [0.2, 0.25) is 0 Å². The van der Waals surface area contributed by atoms with Gasteiger partial charge in [0.05, 0.1) is 19.3 Å². The van der Waals surface area contributed by atoms with Crippen LogP contribution in [0.15, 0.2) is 18.2 Å². The lowest BCUT2D eigenvalue weighted by molar-refractivity contribution is 0.0818. The maximum atomic E-state index is 11.9. The Morgan fingerprint density at radius 3 is 3.00 bits per heavy atom. The molecule has 0 spiro atoms. The van der Waals surface area contributed by atoms with Crippen molar-refractivity contribution in [3.8, 4) is 0 Å². The predicted octanol–water partition coefficient (Wildman–Crippen LogP) is 2.68. The van der Waals surface area contributed by atoms with E-state index in [1.54, 1.807) is 17.0 Å². The summed E-state index contributed by atoms with van der Waals surface area (Å²) < 4.78 is 5.49. The number of rotatable bonds is 5. The van der Waals surface area contributed by atoms with Crippen molar-refractivity contribution in [2.24, 2.45) is 0 Å². The van der Waals surface area contributed by atoms with E-state index in [9.17, 15) is 9.90 Å². The standard InChI is InChI=1S/C15H20Cl2N2O3/c16-12-4-3-11(14(17)8-12)10-22-7-5-18-15(21)19-6-1-2-13(20)9-19/h3-4,8,13,20H,1-2,5-7,9-10H2,(H,18,21). The first kappa shape index (κ1) is 17.3. The molecule has 0 radical (unpaired) electrons. The number of nitrogens with zero attached hydrogens (tertiary/aromatic N) is 1. The van der Waals surface area contributed by atoms with E-state index in [1.807, 2.05) is 6.07 Å². The first-order valence-corrected chi connectivity index (χ1v) is 8.04. The number of carbonyl (C=O) groups excluding carboxylic acids is 1. The molecule has 1 aliphatic heterocycles. The van der Waals surface area contributed by atoms with Crippen molar-refractivity contribution in [2.45, 2.75) is 25.6 Å². The van der Waals surface area contributed by atoms with E-state index >= 15 is 0 Å². The summed E-state index contributed by atoms with van der Waals surface area (Å²) in [6, 6.07) is 5.09. The molecule has 7 heteroatoms. The van der Waals surface area contributed by atoms with E-state index in [0.29, 0.717) is 42.9 Å². The molecular formula is C15H20Cl2N2O3. The first-order chi connectivity index (χ1) is 10.6. The average molecular weight is 347 g/mol. The van der Waals surface area contributed by atoms with E-state index in [-0.39, 0.29) is 6.03 Å². The van der Waals surface area contributed by atoms with Crippen LogP contribution in [-0.4, -0.2) is 48.4 Å². The summed E-state index contributed by atoms with van der Waals surface area (Å²) in [7, 11) is 0. The maximum Gasteiger partial charge on any atom is 0.317 e. The lowest BCUT2D eigenvalue weighted by Gasteiger charge is -2.30. The molecule has 1 aromatic rings. The van der Waals surface area contributed by atoms with Crippen molar-refractivity contribution in [1.29, 1.82) is 0 Å². The fourth-order valence-electron chi connectivity index (χ4n) is 2.30. The van der Waals surface area contributed by atoms with Crippen LogP contribution in [0.25, 0.3) is 0 Å². The number of piperidine rings is 1. The molecule has 5 nitrogen and oxygen atoms in total. The number of aliphatic hydroxyl groups excluding tert-OH is 1. The minimum Gasteiger partial charge on any atom is -0.391 e. The van der Waals surface area contributed by atoms with Crippen LogP contribution in [0.4, 0.5) is 4.79 Å². The molecule has 2 N–H and O–H groups in total. The Bertz CT molecular complexity index is 514. The number of ether oxygens (including phenoxy) is 1. The molecule has 1 aliphatic rings. The highest BCUT2D eigenvalue weighted by molar-refractivity contribution is 6.35. The van der Waals surface area contributed by atoms with Crippen LogP contribution in [0, 0.1) is 0 Å². The quantitative estimate of drug-likeness (QED) is 0.805. The van der Waals surface area contributed by atoms with Gasteiger partial charge in [-0.15, -0.1) is 0 Å². The van der Waals surface area contributed by atoms with Crippen molar-refractivity contribution in [3.05, 3.63) is 33.8 Å². The first-order valence-electron chi connectivity index (χ1n) is 7.29. The van der Waals surface area contributed by atoms with Gasteiger partial charge in [-0.25, -0.2) is 4.79 Å². The highest BCUT2D eigenvalue weighted by Crippen LogP contribution is 2.21. The number of amides is 2. The Morgan fingerprint density at radius 1 is 1.45 bits per heavy atom. The molecule has 122 valence electrons. The zero-order chi connectivity index (χ0) is 15.9. The second kappa shape index (κ2) is 8.58. The Morgan fingerprint density at radius 2 is 2.27 bits per heavy atom. The van der Waals surface area contributed by atoms with Crippen molar-refractivity contribution in [2.75, 3.05) is 26.2 Å². The Hall–Kier alpha value is -1.01. The molecule has 2 rings (SSSR count). The summed E-state index contributed by atoms with van der Waals surface area (Å²) in [5.41, 5.74) is 0.858. The van der Waals surface area contributed by atoms with Gasteiger partial charge in [0.15, 0.2) is 0 Å². The SMILES string of the molecule is O=C(NCCOCc1ccc(Cl)cc1Cl)N1CCCC(O)C1. The Kier molecular flexibility index (Phi) is 6.76. The molecule has 0 aliphatic carbocycles. The predicted molar refractivity (Wildman–Crippen MR) is 86.3 cm³/mol. The van der Waals surface area contributed by atoms with Crippen molar-refractivity contribution >= 4 is 29.2 Å². The minimum atomic E-state index is -0.414. The second-order valence-electron chi connectivity index (χ2n) is 5.26. The van der Waals surface area contributed by atoms with Crippen LogP contribution in [0.5, 0.6) is 0 Å². The number of halogens is 2. The number of hydrogen-bond donors (Lipinski definition) is 2. The molecule has 1 atom stereocenters. The van der Waals surface area contributed by atoms with Crippen LogP contribution in [-0.2, 0) is 11.3 Å². The lowest BCUT2D eigenvalue weighted by Crippen LogP contribution is -2.47. The molecule has 0 bridgehead atoms. The van der Waals surface area contributed by atoms with Crippen molar-refractivity contribution < 1.29 is 14.6 Å². The molecule has 1 heterocycles. The molecular weight excluding hydrogens is 327 g/mol. The van der Waals surface area contributed by atoms with Gasteiger partial charge in [-0.2, -0.15) is 0 Å². The molecule has 1 aromatic carbocycles. The number of nitrogens with one attached hydrogen (secondary N) is 1. The fraction of sp³-hybridized carbons (Fsp3) is 0.533. The molecule has 1 fully saturated rings. The van der Waals surface area contributed by atoms with Gasteiger partial charge in [0, 0.05) is 29.7 Å². The number of aliphatic hydroxyl groups is 1. The molecule has 0 aromatic heterocycles. The summed E-state index contributed by atoms with van der Waals surface area (Å²) in [5, 5.41) is 13.5. The number of likely N-dealkylation sites (tertiary alicyclic amines) is 1. The van der Waals surface area contributed by atoms with Gasteiger partial charge in [0.25, 0.3) is 0 Å². The molecule has 2 amide bonds.